The molecule has 1 amide bonds. The Morgan fingerprint density at radius 2 is 2.04 bits per heavy atom. The van der Waals surface area contributed by atoms with Crippen LogP contribution in [0.25, 0.3) is 5.69 Å². The van der Waals surface area contributed by atoms with Crippen molar-refractivity contribution in [3.05, 3.63) is 57.5 Å². The summed E-state index contributed by atoms with van der Waals surface area (Å²) in [4.78, 5) is 14.8. The third kappa shape index (κ3) is 5.06. The highest BCUT2D eigenvalue weighted by Gasteiger charge is 2.10. The summed E-state index contributed by atoms with van der Waals surface area (Å²) in [5.41, 5.74) is 2.73. The molecule has 0 saturated carbocycles. The number of carbonyl (C=O) groups excluding carboxylic acids is 1. The first-order chi connectivity index (χ1) is 13.1. The van der Waals surface area contributed by atoms with Gasteiger partial charge in [-0.2, -0.15) is 0 Å². The summed E-state index contributed by atoms with van der Waals surface area (Å²) in [6.45, 7) is 2.16. The number of halogens is 1. The lowest BCUT2D eigenvalue weighted by Crippen LogP contribution is -2.26. The summed E-state index contributed by atoms with van der Waals surface area (Å²) in [7, 11) is 4.00. The van der Waals surface area contributed by atoms with Gasteiger partial charge in [0.1, 0.15) is 5.69 Å². The van der Waals surface area contributed by atoms with Crippen molar-refractivity contribution < 1.29 is 4.79 Å². The molecule has 0 spiro atoms. The Balaban J connectivity index is 1.59. The molecule has 2 N–H and O–H groups in total. The number of nitrogens with one attached hydrogen (secondary N) is 2. The zero-order valence-electron chi connectivity index (χ0n) is 15.1. The molecule has 2 aromatic heterocycles. The lowest BCUT2D eigenvalue weighted by Gasteiger charge is -2.19. The summed E-state index contributed by atoms with van der Waals surface area (Å²) >= 11 is 7.10. The fraction of sp³-hybridized carbons (Fsp3) is 0.278. The Bertz CT molecular complexity index is 891. The smallest absolute Gasteiger partial charge is 0.261 e. The van der Waals surface area contributed by atoms with Crippen LogP contribution < -0.4 is 15.5 Å². The highest BCUT2D eigenvalue weighted by Crippen LogP contribution is 2.21. The molecule has 0 aliphatic carbocycles. The Hall–Kier alpha value is -2.42. The monoisotopic (exact) mass is 404 g/mol. The molecule has 1 aromatic carbocycles. The standard InChI is InChI=1S/C18H21ClN6OS/c1-20-9-10-24(2)14-3-5-15(6-4-14)25-12-13(22-23-25)11-21-18(26)16-7-8-17(19)27-16/h3-8,12,20H,9-11H2,1-2H3,(H,21,26). The van der Waals surface area contributed by atoms with Gasteiger partial charge in [0.15, 0.2) is 0 Å². The molecule has 0 unspecified atom stereocenters. The minimum Gasteiger partial charge on any atom is -0.373 e. The van der Waals surface area contributed by atoms with Gasteiger partial charge in [0, 0.05) is 25.8 Å². The van der Waals surface area contributed by atoms with Crippen LogP contribution in [0.2, 0.25) is 4.34 Å². The Morgan fingerprint density at radius 1 is 1.26 bits per heavy atom. The molecule has 2 heterocycles. The van der Waals surface area contributed by atoms with Crippen molar-refractivity contribution in [1.29, 1.82) is 0 Å². The van der Waals surface area contributed by atoms with Crippen LogP contribution in [0, 0.1) is 0 Å². The third-order valence-corrected chi connectivity index (χ3v) is 5.25. The molecule has 0 fully saturated rings. The van der Waals surface area contributed by atoms with E-state index >= 15 is 0 Å². The second-order valence-electron chi connectivity index (χ2n) is 5.98. The Morgan fingerprint density at radius 3 is 2.70 bits per heavy atom. The maximum absolute atomic E-state index is 12.1. The van der Waals surface area contributed by atoms with Crippen LogP contribution in [0.3, 0.4) is 0 Å². The molecule has 0 bridgehead atoms. The molecule has 0 saturated heterocycles. The normalized spacial score (nSPS) is 10.8. The minimum absolute atomic E-state index is 0.171. The Kier molecular flexibility index (Phi) is 6.44. The van der Waals surface area contributed by atoms with E-state index in [0.29, 0.717) is 21.5 Å². The molecule has 3 aromatic rings. The van der Waals surface area contributed by atoms with Gasteiger partial charge in [-0.25, -0.2) is 4.68 Å². The highest BCUT2D eigenvalue weighted by molar-refractivity contribution is 7.17. The zero-order valence-corrected chi connectivity index (χ0v) is 16.7. The number of carbonyl (C=O) groups is 1. The molecule has 7 nitrogen and oxygen atoms in total. The Labute approximate surface area is 166 Å². The molecule has 0 atom stereocenters. The van der Waals surface area contributed by atoms with E-state index in [4.69, 9.17) is 11.6 Å². The van der Waals surface area contributed by atoms with Crippen LogP contribution in [-0.2, 0) is 6.54 Å². The van der Waals surface area contributed by atoms with Crippen LogP contribution in [0.5, 0.6) is 0 Å². The number of hydrogen-bond acceptors (Lipinski definition) is 6. The topological polar surface area (TPSA) is 75.1 Å². The maximum Gasteiger partial charge on any atom is 0.261 e. The van der Waals surface area contributed by atoms with E-state index in [2.05, 4.69) is 45.0 Å². The number of benzene rings is 1. The number of aromatic nitrogens is 3. The summed E-state index contributed by atoms with van der Waals surface area (Å²) < 4.78 is 2.28. The predicted octanol–water partition coefficient (Wildman–Crippen LogP) is 2.57. The van der Waals surface area contributed by atoms with Crippen molar-refractivity contribution in [3.63, 3.8) is 0 Å². The van der Waals surface area contributed by atoms with Gasteiger partial charge in [-0.3, -0.25) is 4.79 Å². The van der Waals surface area contributed by atoms with Crippen LogP contribution in [0.4, 0.5) is 5.69 Å². The first-order valence-corrected chi connectivity index (χ1v) is 9.67. The quantitative estimate of drug-likeness (QED) is 0.603. The van der Waals surface area contributed by atoms with Crippen molar-refractivity contribution in [2.75, 3.05) is 32.1 Å². The van der Waals surface area contributed by atoms with Crippen LogP contribution >= 0.6 is 22.9 Å². The largest absolute Gasteiger partial charge is 0.373 e. The second kappa shape index (κ2) is 8.98. The van der Waals surface area contributed by atoms with E-state index in [0.717, 1.165) is 24.5 Å². The first kappa shape index (κ1) is 19.3. The lowest BCUT2D eigenvalue weighted by atomic mass is 10.2. The molecular formula is C18H21ClN6OS. The lowest BCUT2D eigenvalue weighted by molar-refractivity contribution is 0.0954. The van der Waals surface area contributed by atoms with E-state index in [1.807, 2.05) is 19.2 Å². The van der Waals surface area contributed by atoms with Gasteiger partial charge in [-0.05, 0) is 43.4 Å². The molecule has 0 aliphatic heterocycles. The van der Waals surface area contributed by atoms with Gasteiger partial charge in [0.25, 0.3) is 5.91 Å². The van der Waals surface area contributed by atoms with E-state index in [-0.39, 0.29) is 5.91 Å². The summed E-state index contributed by atoms with van der Waals surface area (Å²) in [6.07, 6.45) is 1.81. The SMILES string of the molecule is CNCCN(C)c1ccc(-n2cc(CNC(=O)c3ccc(Cl)s3)nn2)cc1. The van der Waals surface area contributed by atoms with E-state index < -0.39 is 0 Å². The third-order valence-electron chi connectivity index (χ3n) is 4.02. The average molecular weight is 405 g/mol. The number of anilines is 1. The first-order valence-electron chi connectivity index (χ1n) is 8.48. The predicted molar refractivity (Wildman–Crippen MR) is 109 cm³/mol. The van der Waals surface area contributed by atoms with Crippen molar-refractivity contribution in [2.24, 2.45) is 0 Å². The summed E-state index contributed by atoms with van der Waals surface area (Å²) in [6, 6.07) is 11.5. The van der Waals surface area contributed by atoms with Gasteiger partial charge >= 0.3 is 0 Å². The molecule has 0 aliphatic rings. The molecule has 0 radical (unpaired) electrons. The van der Waals surface area contributed by atoms with Gasteiger partial charge < -0.3 is 15.5 Å². The number of hydrogen-bond donors (Lipinski definition) is 2. The van der Waals surface area contributed by atoms with Gasteiger partial charge in [0.2, 0.25) is 0 Å². The van der Waals surface area contributed by atoms with E-state index in [1.165, 1.54) is 11.3 Å². The van der Waals surface area contributed by atoms with Crippen molar-refractivity contribution in [2.45, 2.75) is 6.54 Å². The average Bonchev–Trinajstić information content (AvgIpc) is 3.33. The van der Waals surface area contributed by atoms with Crippen molar-refractivity contribution in [1.82, 2.24) is 25.6 Å². The number of amides is 1. The fourth-order valence-electron chi connectivity index (χ4n) is 2.47. The van der Waals surface area contributed by atoms with Crippen LogP contribution in [0.1, 0.15) is 15.4 Å². The fourth-order valence-corrected chi connectivity index (χ4v) is 3.43. The molecule has 142 valence electrons. The van der Waals surface area contributed by atoms with Gasteiger partial charge in [0.05, 0.1) is 27.6 Å². The van der Waals surface area contributed by atoms with Crippen molar-refractivity contribution >= 4 is 34.5 Å². The summed E-state index contributed by atoms with van der Waals surface area (Å²) in [5, 5.41) is 14.2. The zero-order chi connectivity index (χ0) is 19.2. The number of thiophene rings is 1. The second-order valence-corrected chi connectivity index (χ2v) is 7.70. The summed E-state index contributed by atoms with van der Waals surface area (Å²) in [5.74, 6) is -0.171. The molecule has 9 heteroatoms. The molecule has 27 heavy (non-hydrogen) atoms. The number of likely N-dealkylation sites (N-methyl/N-ethyl adjacent to an activating group) is 2. The molecule has 3 rings (SSSR count). The van der Waals surface area contributed by atoms with Gasteiger partial charge in [-0.1, -0.05) is 16.8 Å². The van der Waals surface area contributed by atoms with Crippen molar-refractivity contribution in [3.8, 4) is 5.69 Å². The molecular weight excluding hydrogens is 384 g/mol. The number of nitrogens with zero attached hydrogens (tertiary/aromatic N) is 4. The maximum atomic E-state index is 12.1. The van der Waals surface area contributed by atoms with E-state index in [1.54, 1.807) is 23.0 Å². The van der Waals surface area contributed by atoms with Crippen LogP contribution in [0.15, 0.2) is 42.6 Å². The van der Waals surface area contributed by atoms with Crippen LogP contribution in [-0.4, -0.2) is 48.1 Å². The van der Waals surface area contributed by atoms with E-state index in [9.17, 15) is 4.79 Å². The number of rotatable bonds is 8. The minimum atomic E-state index is -0.171. The highest BCUT2D eigenvalue weighted by atomic mass is 35.5. The van der Waals surface area contributed by atoms with Gasteiger partial charge in [-0.15, -0.1) is 16.4 Å².